The molecule has 0 aromatic carbocycles. The van der Waals surface area contributed by atoms with E-state index in [4.69, 9.17) is 4.74 Å². The molecular weight excluding hydrogens is 192 g/mol. The van der Waals surface area contributed by atoms with E-state index in [9.17, 15) is 4.79 Å². The van der Waals surface area contributed by atoms with Crippen molar-refractivity contribution >= 4 is 5.91 Å². The molecule has 0 bridgehead atoms. The summed E-state index contributed by atoms with van der Waals surface area (Å²) in [5, 5.41) is 6.38. The Hall–Kier alpha value is -0.610. The Bertz CT molecular complexity index is 253. The third-order valence-electron chi connectivity index (χ3n) is 3.50. The van der Waals surface area contributed by atoms with Crippen LogP contribution in [0.2, 0.25) is 0 Å². The molecule has 2 fully saturated rings. The molecule has 2 aliphatic heterocycles. The molecule has 2 unspecified atom stereocenters. The normalized spacial score (nSPS) is 40.7. The van der Waals surface area contributed by atoms with Crippen molar-refractivity contribution in [2.75, 3.05) is 19.8 Å². The van der Waals surface area contributed by atoms with Crippen molar-refractivity contribution in [2.45, 2.75) is 44.2 Å². The summed E-state index contributed by atoms with van der Waals surface area (Å²) in [5.74, 6) is 0.119. The number of carbonyl (C=O) groups is 1. The molecule has 2 heterocycles. The largest absolute Gasteiger partial charge is 0.379 e. The van der Waals surface area contributed by atoms with E-state index in [-0.39, 0.29) is 17.0 Å². The van der Waals surface area contributed by atoms with Crippen LogP contribution in [0.3, 0.4) is 0 Å². The lowest BCUT2D eigenvalue weighted by atomic mass is 9.95. The lowest BCUT2D eigenvalue weighted by molar-refractivity contribution is -0.128. The molecule has 0 spiro atoms. The topological polar surface area (TPSA) is 50.4 Å². The second-order valence-corrected chi connectivity index (χ2v) is 5.18. The van der Waals surface area contributed by atoms with Crippen molar-refractivity contribution in [1.29, 1.82) is 0 Å². The molecule has 0 aromatic heterocycles. The van der Waals surface area contributed by atoms with Crippen LogP contribution < -0.4 is 10.6 Å². The van der Waals surface area contributed by atoms with E-state index in [1.807, 2.05) is 6.92 Å². The monoisotopic (exact) mass is 212 g/mol. The number of rotatable bonds is 2. The van der Waals surface area contributed by atoms with Crippen LogP contribution >= 0.6 is 0 Å². The Morgan fingerprint density at radius 2 is 2.20 bits per heavy atom. The fourth-order valence-corrected chi connectivity index (χ4v) is 2.27. The van der Waals surface area contributed by atoms with Gasteiger partial charge < -0.3 is 15.4 Å². The number of amides is 1. The Labute approximate surface area is 90.8 Å². The van der Waals surface area contributed by atoms with E-state index < -0.39 is 0 Å². The maximum absolute atomic E-state index is 12.1. The number of nitrogens with one attached hydrogen (secondary N) is 2. The summed E-state index contributed by atoms with van der Waals surface area (Å²) in [6.45, 7) is 6.36. The Morgan fingerprint density at radius 3 is 2.73 bits per heavy atom. The van der Waals surface area contributed by atoms with Crippen LogP contribution in [0.15, 0.2) is 0 Å². The number of hydrogen-bond acceptors (Lipinski definition) is 3. The van der Waals surface area contributed by atoms with Gasteiger partial charge >= 0.3 is 0 Å². The summed E-state index contributed by atoms with van der Waals surface area (Å²) in [7, 11) is 0. The highest BCUT2D eigenvalue weighted by Gasteiger charge is 2.40. The first-order valence-electron chi connectivity index (χ1n) is 5.70. The highest BCUT2D eigenvalue weighted by Crippen LogP contribution is 2.22. The summed E-state index contributed by atoms with van der Waals surface area (Å²) >= 11 is 0. The minimum atomic E-state index is -0.369. The van der Waals surface area contributed by atoms with E-state index in [2.05, 4.69) is 17.6 Å². The predicted octanol–water partition coefficient (Wildman–Crippen LogP) is 0.424. The third-order valence-corrected chi connectivity index (χ3v) is 3.50. The first-order valence-corrected chi connectivity index (χ1v) is 5.70. The zero-order chi connectivity index (χ0) is 10.9. The van der Waals surface area contributed by atoms with Crippen molar-refractivity contribution in [3.63, 3.8) is 0 Å². The molecule has 0 aromatic rings. The molecule has 2 atom stereocenters. The van der Waals surface area contributed by atoms with Crippen LogP contribution in [0.4, 0.5) is 0 Å². The number of hydrogen-bond donors (Lipinski definition) is 2. The Morgan fingerprint density at radius 1 is 1.40 bits per heavy atom. The van der Waals surface area contributed by atoms with Gasteiger partial charge in [-0.05, 0) is 39.7 Å². The molecule has 0 saturated carbocycles. The average Bonchev–Trinajstić information content (AvgIpc) is 2.76. The lowest BCUT2D eigenvalue weighted by Gasteiger charge is -2.30. The molecule has 15 heavy (non-hydrogen) atoms. The van der Waals surface area contributed by atoms with E-state index >= 15 is 0 Å². The molecule has 0 radical (unpaired) electrons. The fraction of sp³-hybridized carbons (Fsp3) is 0.909. The van der Waals surface area contributed by atoms with Crippen LogP contribution in [0, 0.1) is 0 Å². The minimum Gasteiger partial charge on any atom is -0.379 e. The van der Waals surface area contributed by atoms with Crippen LogP contribution in [0.25, 0.3) is 0 Å². The van der Waals surface area contributed by atoms with E-state index in [0.717, 1.165) is 32.4 Å². The van der Waals surface area contributed by atoms with Crippen molar-refractivity contribution < 1.29 is 9.53 Å². The van der Waals surface area contributed by atoms with Crippen molar-refractivity contribution in [3.05, 3.63) is 0 Å². The quantitative estimate of drug-likeness (QED) is 0.697. The summed E-state index contributed by atoms with van der Waals surface area (Å²) in [4.78, 5) is 12.1. The molecule has 4 nitrogen and oxygen atoms in total. The van der Waals surface area contributed by atoms with Gasteiger partial charge in [-0.1, -0.05) is 0 Å². The van der Waals surface area contributed by atoms with Crippen molar-refractivity contribution in [2.24, 2.45) is 0 Å². The molecule has 0 aliphatic carbocycles. The highest BCUT2D eigenvalue weighted by molar-refractivity contribution is 5.86. The molecule has 2 rings (SSSR count). The maximum atomic E-state index is 12.1. The number of carbonyl (C=O) groups excluding carboxylic acids is 1. The Kier molecular flexibility index (Phi) is 2.73. The first-order chi connectivity index (χ1) is 7.04. The maximum Gasteiger partial charge on any atom is 0.240 e. The third kappa shape index (κ3) is 2.16. The lowest BCUT2D eigenvalue weighted by Crippen LogP contribution is -2.58. The van der Waals surface area contributed by atoms with E-state index in [0.29, 0.717) is 6.61 Å². The van der Waals surface area contributed by atoms with Gasteiger partial charge in [0.05, 0.1) is 17.7 Å². The van der Waals surface area contributed by atoms with E-state index in [1.54, 1.807) is 0 Å². The highest BCUT2D eigenvalue weighted by atomic mass is 16.5. The molecule has 2 saturated heterocycles. The molecule has 1 amide bonds. The summed E-state index contributed by atoms with van der Waals surface area (Å²) in [6, 6.07) is 0. The molecule has 86 valence electrons. The SMILES string of the molecule is CC1(NC(=O)C2(C)CCCN2)CCOC1. The molecule has 2 aliphatic rings. The Balaban J connectivity index is 1.96. The van der Waals surface area contributed by atoms with Gasteiger partial charge in [-0.2, -0.15) is 0 Å². The fourth-order valence-electron chi connectivity index (χ4n) is 2.27. The van der Waals surface area contributed by atoms with Crippen LogP contribution in [0.1, 0.15) is 33.1 Å². The smallest absolute Gasteiger partial charge is 0.240 e. The van der Waals surface area contributed by atoms with Crippen LogP contribution in [-0.4, -0.2) is 36.7 Å². The van der Waals surface area contributed by atoms with Crippen molar-refractivity contribution in [1.82, 2.24) is 10.6 Å². The van der Waals surface area contributed by atoms with Gasteiger partial charge in [0.15, 0.2) is 0 Å². The average molecular weight is 212 g/mol. The van der Waals surface area contributed by atoms with Crippen LogP contribution in [-0.2, 0) is 9.53 Å². The minimum absolute atomic E-state index is 0.119. The molecule has 4 heteroatoms. The molecule has 2 N–H and O–H groups in total. The molecular formula is C11H20N2O2. The van der Waals surface area contributed by atoms with Gasteiger partial charge in [0, 0.05) is 6.61 Å². The number of ether oxygens (including phenoxy) is 1. The van der Waals surface area contributed by atoms with Gasteiger partial charge in [-0.25, -0.2) is 0 Å². The summed E-state index contributed by atoms with van der Waals surface area (Å²) in [6.07, 6.45) is 2.92. The van der Waals surface area contributed by atoms with Gasteiger partial charge in [-0.15, -0.1) is 0 Å². The summed E-state index contributed by atoms with van der Waals surface area (Å²) in [5.41, 5.74) is -0.532. The van der Waals surface area contributed by atoms with Gasteiger partial charge in [0.1, 0.15) is 0 Å². The first kappa shape index (κ1) is 10.9. The van der Waals surface area contributed by atoms with Gasteiger partial charge in [0.2, 0.25) is 5.91 Å². The second kappa shape index (κ2) is 3.76. The second-order valence-electron chi connectivity index (χ2n) is 5.18. The van der Waals surface area contributed by atoms with Crippen LogP contribution in [0.5, 0.6) is 0 Å². The summed E-state index contributed by atoms with van der Waals surface area (Å²) < 4.78 is 5.32. The van der Waals surface area contributed by atoms with Gasteiger partial charge in [-0.3, -0.25) is 4.79 Å². The standard InChI is InChI=1S/C11H20N2O2/c1-10(5-7-15-8-10)13-9(14)11(2)4-3-6-12-11/h12H,3-8H2,1-2H3,(H,13,14). The van der Waals surface area contributed by atoms with Gasteiger partial charge in [0.25, 0.3) is 0 Å². The van der Waals surface area contributed by atoms with E-state index in [1.165, 1.54) is 0 Å². The predicted molar refractivity (Wildman–Crippen MR) is 57.6 cm³/mol. The zero-order valence-electron chi connectivity index (χ0n) is 9.56. The van der Waals surface area contributed by atoms with Crippen molar-refractivity contribution in [3.8, 4) is 0 Å². The zero-order valence-corrected chi connectivity index (χ0v) is 9.56.